The molecule has 0 radical (unpaired) electrons. The molecule has 0 aromatic carbocycles. The molecule has 0 saturated heterocycles. The second kappa shape index (κ2) is 15.7. The summed E-state index contributed by atoms with van der Waals surface area (Å²) in [5, 5.41) is 15.2. The van der Waals surface area contributed by atoms with Gasteiger partial charge in [-0.2, -0.15) is 0 Å². The molecule has 0 spiro atoms. The van der Waals surface area contributed by atoms with Crippen LogP contribution >= 0.6 is 0 Å². The fraction of sp³-hybridized carbons (Fsp3) is 0.433. The summed E-state index contributed by atoms with van der Waals surface area (Å²) in [7, 11) is 0. The van der Waals surface area contributed by atoms with Gasteiger partial charge in [0.15, 0.2) is 0 Å². The lowest BCUT2D eigenvalue weighted by molar-refractivity contribution is -0.117. The minimum atomic E-state index is -1.04. The Morgan fingerprint density at radius 1 is 1.33 bits per heavy atom. The van der Waals surface area contributed by atoms with Gasteiger partial charge < -0.3 is 10.5 Å². The molecule has 6 heteroatoms. The molecule has 1 amide bonds. The average molecular weight is 496 g/mol. The lowest BCUT2D eigenvalue weighted by atomic mass is 9.93. The van der Waals surface area contributed by atoms with E-state index in [9.17, 15) is 14.4 Å². The van der Waals surface area contributed by atoms with Crippen LogP contribution in [0.1, 0.15) is 78.4 Å². The highest BCUT2D eigenvalue weighted by molar-refractivity contribution is 6.01. The Balaban J connectivity index is 0.00000205. The molecule has 1 fully saturated rings. The molecule has 1 aromatic heterocycles. The smallest absolute Gasteiger partial charge is 0.231 e. The van der Waals surface area contributed by atoms with Crippen LogP contribution in [0.2, 0.25) is 0 Å². The van der Waals surface area contributed by atoms with Crippen LogP contribution in [0.3, 0.4) is 0 Å². The molecule has 2 atom stereocenters. The number of rotatable bonds is 10. The van der Waals surface area contributed by atoms with Gasteiger partial charge in [-0.1, -0.05) is 70.2 Å². The molecule has 2 N–H and O–H groups in total. The Kier molecular flexibility index (Phi) is 13.4. The zero-order chi connectivity index (χ0) is 27.3. The molecular formula is C30H42FN3O2. The normalized spacial score (nSPS) is 18.6. The standard InChI is InChI=1S/C27H34FN3O2.C3H8/c1-7-10-11-20(22(8-2)18(5)12-19(6)25(9-3)31-33)14-21-16-29-26(13-17(21)4)30-27(32)23-15-24(23)28;1-3-2/h8,10-14,16,23-24,33H,6-7,9,15H2,1-5H3,(H,29,30,32);3H2,1-2H3/b11-10+,18-12-,20-14+,22-8+,31-25-;. The SMILES string of the molecule is C=C(\C=C(C)/C(=C\C)C(/C=C/CC)=C/c1cnc(NC(=O)C2CC2F)cc1C)/C(CC)=N\O.CCC. The van der Waals surface area contributed by atoms with Crippen molar-refractivity contribution in [2.75, 3.05) is 5.32 Å². The van der Waals surface area contributed by atoms with E-state index in [1.165, 1.54) is 6.42 Å². The predicted molar refractivity (Wildman–Crippen MR) is 150 cm³/mol. The second-order valence-corrected chi connectivity index (χ2v) is 8.85. The van der Waals surface area contributed by atoms with E-state index in [4.69, 9.17) is 0 Å². The van der Waals surface area contributed by atoms with Crippen molar-refractivity contribution in [3.63, 3.8) is 0 Å². The summed E-state index contributed by atoms with van der Waals surface area (Å²) in [5.74, 6) is -0.448. The highest BCUT2D eigenvalue weighted by Crippen LogP contribution is 2.34. The van der Waals surface area contributed by atoms with Crippen LogP contribution < -0.4 is 5.32 Å². The van der Waals surface area contributed by atoms with Crippen molar-refractivity contribution in [1.29, 1.82) is 0 Å². The molecule has 0 aliphatic heterocycles. The van der Waals surface area contributed by atoms with Crippen LogP contribution in [0.4, 0.5) is 10.2 Å². The minimum Gasteiger partial charge on any atom is -0.411 e. The van der Waals surface area contributed by atoms with Gasteiger partial charge in [-0.3, -0.25) is 4.79 Å². The summed E-state index contributed by atoms with van der Waals surface area (Å²) in [6.07, 6.45) is 13.8. The number of nitrogens with one attached hydrogen (secondary N) is 1. The monoisotopic (exact) mass is 495 g/mol. The summed E-state index contributed by atoms with van der Waals surface area (Å²) in [5.41, 5.74) is 6.08. The summed E-state index contributed by atoms with van der Waals surface area (Å²) in [6.45, 7) is 18.2. The number of nitrogens with zero attached hydrogens (tertiary/aromatic N) is 2. The van der Waals surface area contributed by atoms with Crippen LogP contribution in [0, 0.1) is 12.8 Å². The van der Waals surface area contributed by atoms with Crippen molar-refractivity contribution in [2.45, 2.75) is 80.3 Å². The molecular weight excluding hydrogens is 453 g/mol. The molecule has 2 rings (SSSR count). The first kappa shape index (κ1) is 30.8. The van der Waals surface area contributed by atoms with E-state index in [1.807, 2.05) is 39.8 Å². The van der Waals surface area contributed by atoms with Gasteiger partial charge in [0.05, 0.1) is 11.6 Å². The van der Waals surface area contributed by atoms with Gasteiger partial charge in [0.2, 0.25) is 5.91 Å². The summed E-state index contributed by atoms with van der Waals surface area (Å²) in [6, 6.07) is 1.80. The number of hydrogen-bond acceptors (Lipinski definition) is 4. The fourth-order valence-electron chi connectivity index (χ4n) is 3.47. The molecule has 5 nitrogen and oxygen atoms in total. The van der Waals surface area contributed by atoms with Crippen LogP contribution in [0.15, 0.2) is 70.6 Å². The third-order valence-corrected chi connectivity index (χ3v) is 5.54. The fourth-order valence-corrected chi connectivity index (χ4v) is 3.47. The van der Waals surface area contributed by atoms with Crippen molar-refractivity contribution in [1.82, 2.24) is 4.98 Å². The number of pyridine rings is 1. The average Bonchev–Trinajstić information content (AvgIpc) is 3.57. The van der Waals surface area contributed by atoms with E-state index >= 15 is 0 Å². The van der Waals surface area contributed by atoms with Gasteiger partial charge in [0.25, 0.3) is 0 Å². The van der Waals surface area contributed by atoms with E-state index < -0.39 is 12.1 Å². The van der Waals surface area contributed by atoms with Gasteiger partial charge in [0, 0.05) is 6.20 Å². The molecule has 36 heavy (non-hydrogen) atoms. The lowest BCUT2D eigenvalue weighted by Gasteiger charge is -2.13. The van der Waals surface area contributed by atoms with Crippen LogP contribution in [0.5, 0.6) is 0 Å². The minimum absolute atomic E-state index is 0.286. The lowest BCUT2D eigenvalue weighted by Crippen LogP contribution is -2.16. The quantitative estimate of drug-likeness (QED) is 0.149. The molecule has 1 saturated carbocycles. The molecule has 196 valence electrons. The number of hydrogen-bond donors (Lipinski definition) is 2. The summed E-state index contributed by atoms with van der Waals surface area (Å²) >= 11 is 0. The number of aromatic nitrogens is 1. The van der Waals surface area contributed by atoms with Crippen LogP contribution in [-0.4, -0.2) is 28.0 Å². The summed E-state index contributed by atoms with van der Waals surface area (Å²) in [4.78, 5) is 16.4. The van der Waals surface area contributed by atoms with E-state index in [2.05, 4.69) is 61.0 Å². The Bertz CT molecular complexity index is 1060. The van der Waals surface area contributed by atoms with Gasteiger partial charge in [-0.05, 0) is 85.6 Å². The van der Waals surface area contributed by atoms with E-state index in [0.29, 0.717) is 23.5 Å². The summed E-state index contributed by atoms with van der Waals surface area (Å²) < 4.78 is 13.1. The Morgan fingerprint density at radius 3 is 2.44 bits per heavy atom. The van der Waals surface area contributed by atoms with E-state index in [-0.39, 0.29) is 12.3 Å². The van der Waals surface area contributed by atoms with Crippen molar-refractivity contribution < 1.29 is 14.4 Å². The number of allylic oxidation sites excluding steroid dienone is 8. The second-order valence-electron chi connectivity index (χ2n) is 8.85. The first-order valence-corrected chi connectivity index (χ1v) is 12.7. The number of anilines is 1. The zero-order valence-electron chi connectivity index (χ0n) is 22.9. The van der Waals surface area contributed by atoms with Gasteiger partial charge in [-0.25, -0.2) is 9.37 Å². The number of carbonyl (C=O) groups is 1. The van der Waals surface area contributed by atoms with Crippen molar-refractivity contribution in [2.24, 2.45) is 11.1 Å². The van der Waals surface area contributed by atoms with E-state index in [0.717, 1.165) is 34.3 Å². The Labute approximate surface area is 216 Å². The maximum atomic E-state index is 13.1. The Hall–Kier alpha value is -3.28. The molecule has 1 aliphatic carbocycles. The van der Waals surface area contributed by atoms with Crippen molar-refractivity contribution >= 4 is 23.5 Å². The first-order chi connectivity index (χ1) is 17.2. The molecule has 1 heterocycles. The number of carbonyl (C=O) groups excluding carboxylic acids is 1. The highest BCUT2D eigenvalue weighted by atomic mass is 19.1. The number of alkyl halides is 1. The maximum Gasteiger partial charge on any atom is 0.231 e. The third-order valence-electron chi connectivity index (χ3n) is 5.54. The van der Waals surface area contributed by atoms with E-state index in [1.54, 1.807) is 12.3 Å². The number of aryl methyl sites for hydroxylation is 1. The van der Waals surface area contributed by atoms with Crippen molar-refractivity contribution in [3.05, 3.63) is 76.6 Å². The number of halogens is 1. The van der Waals surface area contributed by atoms with Crippen LogP contribution in [0.25, 0.3) is 6.08 Å². The van der Waals surface area contributed by atoms with Gasteiger partial charge in [0.1, 0.15) is 12.0 Å². The molecule has 1 aliphatic rings. The number of amides is 1. The maximum absolute atomic E-state index is 13.1. The zero-order valence-corrected chi connectivity index (χ0v) is 22.9. The van der Waals surface area contributed by atoms with Gasteiger partial charge >= 0.3 is 0 Å². The molecule has 2 unspecified atom stereocenters. The topological polar surface area (TPSA) is 74.6 Å². The highest BCUT2D eigenvalue weighted by Gasteiger charge is 2.43. The van der Waals surface area contributed by atoms with Crippen LogP contribution in [-0.2, 0) is 4.79 Å². The first-order valence-electron chi connectivity index (χ1n) is 12.7. The predicted octanol–water partition coefficient (Wildman–Crippen LogP) is 8.14. The van der Waals surface area contributed by atoms with Gasteiger partial charge in [-0.15, -0.1) is 0 Å². The largest absolute Gasteiger partial charge is 0.411 e. The molecule has 1 aromatic rings. The third kappa shape index (κ3) is 9.40. The number of oxime groups is 1. The Morgan fingerprint density at radius 2 is 1.97 bits per heavy atom. The molecule has 0 bridgehead atoms. The van der Waals surface area contributed by atoms with Crippen molar-refractivity contribution in [3.8, 4) is 0 Å².